The second-order valence-corrected chi connectivity index (χ2v) is 4.29. The van der Waals surface area contributed by atoms with Crippen molar-refractivity contribution in [2.24, 2.45) is 5.84 Å². The van der Waals surface area contributed by atoms with E-state index in [0.717, 1.165) is 19.6 Å². The van der Waals surface area contributed by atoms with Gasteiger partial charge in [-0.3, -0.25) is 9.78 Å². The average molecular weight is 266 g/mol. The first-order chi connectivity index (χ1) is 9.10. The summed E-state index contributed by atoms with van der Waals surface area (Å²) in [5.74, 6) is 5.35. The Balaban J connectivity index is 2.58. The number of hydrazine groups is 1. The van der Waals surface area contributed by atoms with Crippen molar-refractivity contribution in [2.45, 2.75) is 26.8 Å². The third kappa shape index (κ3) is 4.80. The summed E-state index contributed by atoms with van der Waals surface area (Å²) in [5, 5.41) is 2.89. The summed E-state index contributed by atoms with van der Waals surface area (Å²) < 4.78 is 0. The Morgan fingerprint density at radius 3 is 2.68 bits per heavy atom. The third-order valence-corrected chi connectivity index (χ3v) is 2.82. The molecule has 0 aromatic carbocycles. The Morgan fingerprint density at radius 2 is 2.11 bits per heavy atom. The molecule has 0 fully saturated rings. The highest BCUT2D eigenvalue weighted by Gasteiger charge is 2.13. The van der Waals surface area contributed by atoms with Gasteiger partial charge in [0.2, 0.25) is 0 Å². The van der Waals surface area contributed by atoms with Crippen LogP contribution in [0.25, 0.3) is 0 Å². The van der Waals surface area contributed by atoms with Crippen LogP contribution in [0, 0.1) is 0 Å². The van der Waals surface area contributed by atoms with Crippen molar-refractivity contribution in [3.63, 3.8) is 0 Å². The number of anilines is 1. The molecule has 7 nitrogen and oxygen atoms in total. The third-order valence-electron chi connectivity index (χ3n) is 2.82. The van der Waals surface area contributed by atoms with E-state index in [9.17, 15) is 4.79 Å². The fourth-order valence-corrected chi connectivity index (χ4v) is 1.76. The monoisotopic (exact) mass is 266 g/mol. The molecule has 1 aromatic rings. The summed E-state index contributed by atoms with van der Waals surface area (Å²) in [4.78, 5) is 22.2. The predicted molar refractivity (Wildman–Crippen MR) is 74.6 cm³/mol. The molecule has 1 amide bonds. The summed E-state index contributed by atoms with van der Waals surface area (Å²) in [7, 11) is 0. The molecule has 0 aliphatic carbocycles. The van der Waals surface area contributed by atoms with Crippen molar-refractivity contribution >= 4 is 11.7 Å². The number of hydrogen-bond donors (Lipinski definition) is 3. The molecule has 19 heavy (non-hydrogen) atoms. The number of likely N-dealkylation sites (N-methyl/N-ethyl adjacent to an activating group) is 1. The topological polar surface area (TPSA) is 96.2 Å². The van der Waals surface area contributed by atoms with Crippen LogP contribution in [0.5, 0.6) is 0 Å². The number of nitrogen functional groups attached to an aromatic ring is 1. The summed E-state index contributed by atoms with van der Waals surface area (Å²) >= 11 is 0. The number of nitrogens with zero attached hydrogens (tertiary/aromatic N) is 3. The van der Waals surface area contributed by atoms with Crippen LogP contribution in [0.1, 0.15) is 31.3 Å². The lowest BCUT2D eigenvalue weighted by molar-refractivity contribution is 0.0925. The van der Waals surface area contributed by atoms with E-state index < -0.39 is 0 Å². The van der Waals surface area contributed by atoms with E-state index in [-0.39, 0.29) is 17.6 Å². The molecular weight excluding hydrogens is 244 g/mol. The molecule has 7 heteroatoms. The maximum Gasteiger partial charge on any atom is 0.271 e. The minimum absolute atomic E-state index is 0.0451. The van der Waals surface area contributed by atoms with Crippen LogP contribution in [0.15, 0.2) is 12.4 Å². The van der Waals surface area contributed by atoms with Gasteiger partial charge in [-0.05, 0) is 20.0 Å². The van der Waals surface area contributed by atoms with Crippen molar-refractivity contribution in [2.75, 3.05) is 25.1 Å². The van der Waals surface area contributed by atoms with Crippen LogP contribution in [-0.4, -0.2) is 46.5 Å². The van der Waals surface area contributed by atoms with Gasteiger partial charge in [-0.1, -0.05) is 13.8 Å². The zero-order valence-electron chi connectivity index (χ0n) is 11.7. The van der Waals surface area contributed by atoms with E-state index in [0.29, 0.717) is 5.82 Å². The van der Waals surface area contributed by atoms with Crippen molar-refractivity contribution < 1.29 is 4.79 Å². The average Bonchev–Trinajstić information content (AvgIpc) is 2.44. The highest BCUT2D eigenvalue weighted by molar-refractivity contribution is 5.92. The number of nitrogens with two attached hydrogens (primary N) is 1. The normalized spacial score (nSPS) is 12.3. The second kappa shape index (κ2) is 7.65. The molecule has 0 spiro atoms. The Hall–Kier alpha value is -1.73. The van der Waals surface area contributed by atoms with Crippen molar-refractivity contribution in [1.82, 2.24) is 20.2 Å². The van der Waals surface area contributed by atoms with E-state index in [1.54, 1.807) is 0 Å². The van der Waals surface area contributed by atoms with Crippen LogP contribution in [0.4, 0.5) is 5.82 Å². The summed E-state index contributed by atoms with van der Waals surface area (Å²) in [6.07, 6.45) is 2.87. The smallest absolute Gasteiger partial charge is 0.271 e. The minimum atomic E-state index is -0.246. The molecule has 1 aromatic heterocycles. The number of amides is 1. The molecule has 0 saturated carbocycles. The highest BCUT2D eigenvalue weighted by Crippen LogP contribution is 2.01. The summed E-state index contributed by atoms with van der Waals surface area (Å²) in [6, 6.07) is 0.0451. The number of hydrogen-bond acceptors (Lipinski definition) is 6. The lowest BCUT2D eigenvalue weighted by Crippen LogP contribution is -2.42. The van der Waals surface area contributed by atoms with Gasteiger partial charge in [0.15, 0.2) is 5.82 Å². The minimum Gasteiger partial charge on any atom is -0.347 e. The standard InChI is InChI=1S/C12H22N6O/c1-4-18(5-2)8-9(3)15-12(19)10-6-14-7-11(16-10)17-13/h6-7,9H,4-5,8,13H2,1-3H3,(H,15,19)(H,16,17). The quantitative estimate of drug-likeness (QED) is 0.483. The van der Waals surface area contributed by atoms with E-state index in [1.807, 2.05) is 6.92 Å². The number of nitrogens with one attached hydrogen (secondary N) is 2. The molecular formula is C12H22N6O. The first kappa shape index (κ1) is 15.3. The molecule has 1 atom stereocenters. The molecule has 1 rings (SSSR count). The van der Waals surface area contributed by atoms with Crippen LogP contribution in [0.2, 0.25) is 0 Å². The SMILES string of the molecule is CCN(CC)CC(C)NC(=O)c1cncc(NN)n1. The lowest BCUT2D eigenvalue weighted by atomic mass is 10.3. The molecule has 4 N–H and O–H groups in total. The van der Waals surface area contributed by atoms with Gasteiger partial charge in [-0.2, -0.15) is 0 Å². The zero-order chi connectivity index (χ0) is 14.3. The predicted octanol–water partition coefficient (Wildman–Crippen LogP) is 0.222. The first-order valence-corrected chi connectivity index (χ1v) is 6.42. The fraction of sp³-hybridized carbons (Fsp3) is 0.583. The molecule has 0 aliphatic heterocycles. The van der Waals surface area contributed by atoms with Crippen LogP contribution < -0.4 is 16.6 Å². The molecule has 0 radical (unpaired) electrons. The Bertz CT molecular complexity index is 407. The van der Waals surface area contributed by atoms with E-state index in [2.05, 4.69) is 39.5 Å². The maximum absolute atomic E-state index is 12.0. The largest absolute Gasteiger partial charge is 0.347 e. The number of aromatic nitrogens is 2. The Morgan fingerprint density at radius 1 is 1.42 bits per heavy atom. The number of carbonyl (C=O) groups is 1. The number of carbonyl (C=O) groups excluding carboxylic acids is 1. The lowest BCUT2D eigenvalue weighted by Gasteiger charge is -2.23. The van der Waals surface area contributed by atoms with Crippen molar-refractivity contribution in [3.8, 4) is 0 Å². The van der Waals surface area contributed by atoms with Gasteiger partial charge in [-0.25, -0.2) is 10.8 Å². The molecule has 0 aliphatic rings. The van der Waals surface area contributed by atoms with Gasteiger partial charge in [0.05, 0.1) is 12.4 Å². The van der Waals surface area contributed by atoms with Crippen LogP contribution >= 0.6 is 0 Å². The van der Waals surface area contributed by atoms with Gasteiger partial charge < -0.3 is 15.6 Å². The second-order valence-electron chi connectivity index (χ2n) is 4.29. The van der Waals surface area contributed by atoms with Crippen molar-refractivity contribution in [1.29, 1.82) is 0 Å². The highest BCUT2D eigenvalue weighted by atomic mass is 16.1. The van der Waals surface area contributed by atoms with Gasteiger partial charge in [0.1, 0.15) is 5.69 Å². The van der Waals surface area contributed by atoms with E-state index >= 15 is 0 Å². The molecule has 0 saturated heterocycles. The van der Waals surface area contributed by atoms with E-state index in [1.165, 1.54) is 12.4 Å². The van der Waals surface area contributed by atoms with Crippen molar-refractivity contribution in [3.05, 3.63) is 18.1 Å². The van der Waals surface area contributed by atoms with Gasteiger partial charge in [0, 0.05) is 12.6 Å². The summed E-state index contributed by atoms with van der Waals surface area (Å²) in [6.45, 7) is 8.89. The molecule has 106 valence electrons. The number of rotatable bonds is 7. The van der Waals surface area contributed by atoms with Gasteiger partial charge >= 0.3 is 0 Å². The van der Waals surface area contributed by atoms with Crippen LogP contribution in [0.3, 0.4) is 0 Å². The Kier molecular flexibility index (Phi) is 6.17. The van der Waals surface area contributed by atoms with E-state index in [4.69, 9.17) is 5.84 Å². The molecule has 1 heterocycles. The zero-order valence-corrected chi connectivity index (χ0v) is 11.7. The maximum atomic E-state index is 12.0. The fourth-order valence-electron chi connectivity index (χ4n) is 1.76. The van der Waals surface area contributed by atoms with Crippen LogP contribution in [-0.2, 0) is 0 Å². The van der Waals surface area contributed by atoms with Gasteiger partial charge in [0.25, 0.3) is 5.91 Å². The molecule has 1 unspecified atom stereocenters. The molecule has 0 bridgehead atoms. The first-order valence-electron chi connectivity index (χ1n) is 6.42. The summed E-state index contributed by atoms with van der Waals surface area (Å²) in [5.41, 5.74) is 2.62. The van der Waals surface area contributed by atoms with Gasteiger partial charge in [-0.15, -0.1) is 0 Å². The Labute approximate surface area is 113 Å².